The van der Waals surface area contributed by atoms with Gasteiger partial charge in [0.1, 0.15) is 11.9 Å². The number of hydrogen-bond acceptors (Lipinski definition) is 4. The highest BCUT2D eigenvalue weighted by atomic mass is 31.2. The van der Waals surface area contributed by atoms with Gasteiger partial charge in [0.25, 0.3) is 0 Å². The number of phosphoric ester groups is 1. The molecular weight excluding hydrogens is 403 g/mol. The predicted octanol–water partition coefficient (Wildman–Crippen LogP) is 6.26. The van der Waals surface area contributed by atoms with Gasteiger partial charge >= 0.3 is 7.82 Å². The summed E-state index contributed by atoms with van der Waals surface area (Å²) in [5.74, 6) is 0.806. The molecule has 0 aliphatic rings. The number of phosphoric acid groups is 1. The minimum Gasteiger partial charge on any atom is -0.488 e. The van der Waals surface area contributed by atoms with E-state index in [1.807, 2.05) is 30.3 Å². The zero-order valence-electron chi connectivity index (χ0n) is 18.5. The summed E-state index contributed by atoms with van der Waals surface area (Å²) in [5.41, 5.74) is 0. The molecule has 0 spiro atoms. The third-order valence-electron chi connectivity index (χ3n) is 4.97. The van der Waals surface area contributed by atoms with Crippen LogP contribution in [0.3, 0.4) is 0 Å². The van der Waals surface area contributed by atoms with Crippen molar-refractivity contribution in [1.29, 1.82) is 0 Å². The molecule has 6 nitrogen and oxygen atoms in total. The van der Waals surface area contributed by atoms with Crippen molar-refractivity contribution in [2.75, 3.05) is 19.8 Å². The Hall–Kier alpha value is -0.910. The van der Waals surface area contributed by atoms with Crippen LogP contribution < -0.4 is 4.74 Å². The van der Waals surface area contributed by atoms with Crippen molar-refractivity contribution in [2.45, 2.75) is 90.1 Å². The molecule has 0 amide bonds. The zero-order valence-corrected chi connectivity index (χ0v) is 19.4. The maximum absolute atomic E-state index is 10.7. The number of rotatable bonds is 20. The lowest BCUT2D eigenvalue weighted by molar-refractivity contribution is 0.0272. The van der Waals surface area contributed by atoms with Gasteiger partial charge in [-0.15, -0.1) is 0 Å². The van der Waals surface area contributed by atoms with Crippen LogP contribution in [0.1, 0.15) is 84.0 Å². The standard InChI is InChI=1S/C23H41O6P/c1-2-3-4-5-6-7-8-9-10-11-13-18-23(29-22-16-14-12-15-17-22)21-27-19-20-28-30(24,25)26/h12,14-17,23H,2-11,13,18-21H2,1H3,(H2,24,25,26). The van der Waals surface area contributed by atoms with E-state index < -0.39 is 7.82 Å². The SMILES string of the molecule is CCCCCCCCCCCCCC(COCCOP(=O)(O)O)Oc1ccccc1. The first-order valence-electron chi connectivity index (χ1n) is 11.5. The quantitative estimate of drug-likeness (QED) is 0.182. The maximum atomic E-state index is 10.7. The van der Waals surface area contributed by atoms with E-state index in [4.69, 9.17) is 19.3 Å². The predicted molar refractivity (Wildman–Crippen MR) is 121 cm³/mol. The fraction of sp³-hybridized carbons (Fsp3) is 0.739. The Morgan fingerprint density at radius 3 is 1.97 bits per heavy atom. The number of ether oxygens (including phenoxy) is 2. The molecule has 0 heterocycles. The van der Waals surface area contributed by atoms with Crippen LogP contribution in [0.4, 0.5) is 0 Å². The van der Waals surface area contributed by atoms with Gasteiger partial charge in [-0.3, -0.25) is 4.52 Å². The molecule has 1 atom stereocenters. The van der Waals surface area contributed by atoms with E-state index in [2.05, 4.69) is 11.4 Å². The van der Waals surface area contributed by atoms with Gasteiger partial charge in [-0.2, -0.15) is 0 Å². The van der Waals surface area contributed by atoms with Crippen LogP contribution in [-0.4, -0.2) is 35.7 Å². The van der Waals surface area contributed by atoms with Crippen LogP contribution in [0, 0.1) is 0 Å². The second-order valence-electron chi connectivity index (χ2n) is 7.78. The monoisotopic (exact) mass is 444 g/mol. The lowest BCUT2D eigenvalue weighted by Crippen LogP contribution is -2.24. The summed E-state index contributed by atoms with van der Waals surface area (Å²) < 4.78 is 26.6. The zero-order chi connectivity index (χ0) is 21.9. The number of benzene rings is 1. The van der Waals surface area contributed by atoms with Crippen LogP contribution in [0.25, 0.3) is 0 Å². The summed E-state index contributed by atoms with van der Waals surface area (Å²) in [7, 11) is -4.44. The van der Waals surface area contributed by atoms with Gasteiger partial charge in [0.05, 0.1) is 19.8 Å². The number of para-hydroxylation sites is 1. The molecule has 0 aromatic heterocycles. The van der Waals surface area contributed by atoms with Gasteiger partial charge in [0.2, 0.25) is 0 Å². The van der Waals surface area contributed by atoms with Crippen molar-refractivity contribution in [3.05, 3.63) is 30.3 Å². The Labute approximate surface area is 182 Å². The first-order chi connectivity index (χ1) is 14.5. The summed E-state index contributed by atoms with van der Waals surface area (Å²) in [5, 5.41) is 0. The smallest absolute Gasteiger partial charge is 0.469 e. The van der Waals surface area contributed by atoms with Gasteiger partial charge in [-0.25, -0.2) is 4.57 Å². The molecule has 0 aliphatic heterocycles. The van der Waals surface area contributed by atoms with Gasteiger partial charge in [0, 0.05) is 0 Å². The average molecular weight is 445 g/mol. The van der Waals surface area contributed by atoms with E-state index in [9.17, 15) is 4.57 Å². The Balaban J connectivity index is 2.17. The highest BCUT2D eigenvalue weighted by Crippen LogP contribution is 2.35. The molecule has 1 aromatic rings. The van der Waals surface area contributed by atoms with E-state index in [0.717, 1.165) is 18.6 Å². The van der Waals surface area contributed by atoms with Gasteiger partial charge < -0.3 is 19.3 Å². The van der Waals surface area contributed by atoms with Gasteiger partial charge in [0.15, 0.2) is 0 Å². The highest BCUT2D eigenvalue weighted by Gasteiger charge is 2.14. The Kier molecular flexibility index (Phi) is 16.0. The number of hydrogen-bond donors (Lipinski definition) is 2. The maximum Gasteiger partial charge on any atom is 0.469 e. The molecule has 0 saturated carbocycles. The largest absolute Gasteiger partial charge is 0.488 e. The Bertz CT molecular complexity index is 548. The normalized spacial score (nSPS) is 12.8. The Morgan fingerprint density at radius 1 is 0.833 bits per heavy atom. The van der Waals surface area contributed by atoms with Crippen LogP contribution in [0.5, 0.6) is 5.75 Å². The summed E-state index contributed by atoms with van der Waals surface area (Å²) in [4.78, 5) is 17.4. The lowest BCUT2D eigenvalue weighted by Gasteiger charge is -2.19. The molecule has 0 bridgehead atoms. The molecule has 1 rings (SSSR count). The molecule has 0 saturated heterocycles. The van der Waals surface area contributed by atoms with Crippen LogP contribution in [0.15, 0.2) is 30.3 Å². The molecule has 0 fully saturated rings. The lowest BCUT2D eigenvalue weighted by atomic mass is 10.0. The Morgan fingerprint density at radius 2 is 1.40 bits per heavy atom. The molecule has 0 aliphatic carbocycles. The van der Waals surface area contributed by atoms with E-state index in [1.54, 1.807) is 0 Å². The van der Waals surface area contributed by atoms with Crippen LogP contribution in [0.2, 0.25) is 0 Å². The first-order valence-corrected chi connectivity index (χ1v) is 13.0. The molecular formula is C23H41O6P. The second-order valence-corrected chi connectivity index (χ2v) is 9.02. The van der Waals surface area contributed by atoms with E-state index in [1.165, 1.54) is 64.2 Å². The van der Waals surface area contributed by atoms with E-state index >= 15 is 0 Å². The van der Waals surface area contributed by atoms with Crippen molar-refractivity contribution in [1.82, 2.24) is 0 Å². The topological polar surface area (TPSA) is 85.2 Å². The first kappa shape index (κ1) is 27.1. The van der Waals surface area contributed by atoms with Gasteiger partial charge in [-0.05, 0) is 25.0 Å². The molecule has 2 N–H and O–H groups in total. The van der Waals surface area contributed by atoms with E-state index in [0.29, 0.717) is 6.61 Å². The van der Waals surface area contributed by atoms with Crippen molar-refractivity contribution in [3.63, 3.8) is 0 Å². The van der Waals surface area contributed by atoms with Gasteiger partial charge in [-0.1, -0.05) is 89.3 Å². The minimum absolute atomic E-state index is 0.0824. The van der Waals surface area contributed by atoms with Crippen molar-refractivity contribution in [3.8, 4) is 5.75 Å². The van der Waals surface area contributed by atoms with Crippen LogP contribution >= 0.6 is 7.82 Å². The second kappa shape index (κ2) is 17.7. The molecule has 1 unspecified atom stereocenters. The summed E-state index contributed by atoms with van der Waals surface area (Å²) >= 11 is 0. The number of unbranched alkanes of at least 4 members (excludes halogenated alkanes) is 10. The summed E-state index contributed by atoms with van der Waals surface area (Å²) in [6.07, 6.45) is 15.1. The summed E-state index contributed by atoms with van der Waals surface area (Å²) in [6, 6.07) is 9.66. The van der Waals surface area contributed by atoms with E-state index in [-0.39, 0.29) is 19.3 Å². The van der Waals surface area contributed by atoms with Crippen LogP contribution in [-0.2, 0) is 13.8 Å². The molecule has 0 radical (unpaired) electrons. The highest BCUT2D eigenvalue weighted by molar-refractivity contribution is 7.46. The molecule has 30 heavy (non-hydrogen) atoms. The van der Waals surface area contributed by atoms with Crippen molar-refractivity contribution < 1.29 is 28.3 Å². The van der Waals surface area contributed by atoms with Crippen molar-refractivity contribution >= 4 is 7.82 Å². The molecule has 1 aromatic carbocycles. The van der Waals surface area contributed by atoms with Crippen molar-refractivity contribution in [2.24, 2.45) is 0 Å². The average Bonchev–Trinajstić information content (AvgIpc) is 2.71. The third kappa shape index (κ3) is 16.8. The third-order valence-corrected chi connectivity index (χ3v) is 5.49. The summed E-state index contributed by atoms with van der Waals surface area (Å²) in [6.45, 7) is 2.61. The molecule has 174 valence electrons. The minimum atomic E-state index is -4.44. The fourth-order valence-corrected chi connectivity index (χ4v) is 3.65. The fourth-order valence-electron chi connectivity index (χ4n) is 3.33. The molecule has 7 heteroatoms.